The van der Waals surface area contributed by atoms with Crippen molar-refractivity contribution in [2.45, 2.75) is 46.3 Å². The summed E-state index contributed by atoms with van der Waals surface area (Å²) in [6, 6.07) is 4.10. The Morgan fingerprint density at radius 3 is 2.94 bits per heavy atom. The Morgan fingerprint density at radius 1 is 1.29 bits per heavy atom. The molecular weight excluding hydrogens is 212 g/mol. The van der Waals surface area contributed by atoms with Crippen molar-refractivity contribution >= 4 is 0 Å². The van der Waals surface area contributed by atoms with E-state index in [1.807, 2.05) is 12.3 Å². The molecule has 1 aromatic rings. The van der Waals surface area contributed by atoms with Crippen LogP contribution in [0, 0.1) is 0 Å². The predicted octanol–water partition coefficient (Wildman–Crippen LogP) is 2.90. The van der Waals surface area contributed by atoms with Gasteiger partial charge in [0.15, 0.2) is 0 Å². The van der Waals surface area contributed by atoms with Gasteiger partial charge in [-0.25, -0.2) is 0 Å². The molecule has 0 unspecified atom stereocenters. The van der Waals surface area contributed by atoms with Gasteiger partial charge in [-0.15, -0.1) is 0 Å². The zero-order valence-electron chi connectivity index (χ0n) is 11.0. The monoisotopic (exact) mass is 236 g/mol. The van der Waals surface area contributed by atoms with Gasteiger partial charge in [-0.2, -0.15) is 0 Å². The van der Waals surface area contributed by atoms with Crippen LogP contribution < -0.4 is 5.32 Å². The lowest BCUT2D eigenvalue weighted by molar-refractivity contribution is 0.115. The van der Waals surface area contributed by atoms with Crippen LogP contribution in [0.4, 0.5) is 0 Å². The van der Waals surface area contributed by atoms with E-state index in [4.69, 9.17) is 4.74 Å². The van der Waals surface area contributed by atoms with Crippen LogP contribution >= 0.6 is 0 Å². The van der Waals surface area contributed by atoms with Crippen LogP contribution in [0.25, 0.3) is 0 Å². The molecule has 1 rings (SSSR count). The van der Waals surface area contributed by atoms with Crippen LogP contribution in [0.15, 0.2) is 18.3 Å². The summed E-state index contributed by atoms with van der Waals surface area (Å²) >= 11 is 0. The highest BCUT2D eigenvalue weighted by Gasteiger charge is 2.02. The van der Waals surface area contributed by atoms with Crippen molar-refractivity contribution in [3.63, 3.8) is 0 Å². The molecule has 1 aromatic heterocycles. The molecule has 3 heteroatoms. The number of hydrogen-bond acceptors (Lipinski definition) is 3. The first-order valence-corrected chi connectivity index (χ1v) is 6.59. The Kier molecular flexibility index (Phi) is 7.60. The molecule has 1 N–H and O–H groups in total. The van der Waals surface area contributed by atoms with E-state index in [1.165, 1.54) is 12.0 Å². The molecule has 0 aromatic carbocycles. The van der Waals surface area contributed by atoms with Gasteiger partial charge in [0.1, 0.15) is 0 Å². The summed E-state index contributed by atoms with van der Waals surface area (Å²) in [4.78, 5) is 4.39. The Balaban J connectivity index is 2.40. The second kappa shape index (κ2) is 9.14. The third-order valence-corrected chi connectivity index (χ3v) is 2.61. The minimum Gasteiger partial charge on any atom is -0.375 e. The number of rotatable bonds is 9. The number of aromatic nitrogens is 1. The van der Waals surface area contributed by atoms with Crippen molar-refractivity contribution in [1.29, 1.82) is 0 Å². The standard InChI is InChI=1S/C14H24N2O/c1-3-5-10-17-12-14-13(7-6-9-16-14)11-15-8-4-2/h6-7,9,15H,3-5,8,10-12H2,1-2H3. The third-order valence-electron chi connectivity index (χ3n) is 2.61. The van der Waals surface area contributed by atoms with Gasteiger partial charge >= 0.3 is 0 Å². The molecule has 3 nitrogen and oxygen atoms in total. The molecule has 0 bridgehead atoms. The van der Waals surface area contributed by atoms with E-state index < -0.39 is 0 Å². The molecular formula is C14H24N2O. The molecule has 0 aliphatic rings. The Bertz CT molecular complexity index is 302. The van der Waals surface area contributed by atoms with Gasteiger partial charge in [-0.3, -0.25) is 4.98 Å². The first-order valence-electron chi connectivity index (χ1n) is 6.59. The van der Waals surface area contributed by atoms with E-state index in [0.717, 1.165) is 38.2 Å². The highest BCUT2D eigenvalue weighted by Crippen LogP contribution is 2.07. The van der Waals surface area contributed by atoms with Crippen molar-refractivity contribution in [1.82, 2.24) is 10.3 Å². The first-order chi connectivity index (χ1) is 8.38. The summed E-state index contributed by atoms with van der Waals surface area (Å²) in [5, 5.41) is 3.40. The van der Waals surface area contributed by atoms with Gasteiger partial charge in [-0.05, 0) is 31.0 Å². The summed E-state index contributed by atoms with van der Waals surface area (Å²) < 4.78 is 5.62. The molecule has 0 spiro atoms. The normalized spacial score (nSPS) is 10.7. The Hall–Kier alpha value is -0.930. The fourth-order valence-corrected chi connectivity index (χ4v) is 1.58. The van der Waals surface area contributed by atoms with Crippen molar-refractivity contribution in [3.05, 3.63) is 29.6 Å². The molecule has 0 saturated heterocycles. The lowest BCUT2D eigenvalue weighted by Crippen LogP contribution is -2.16. The highest BCUT2D eigenvalue weighted by atomic mass is 16.5. The molecule has 0 aliphatic carbocycles. The third kappa shape index (κ3) is 5.80. The van der Waals surface area contributed by atoms with Crippen molar-refractivity contribution in [2.24, 2.45) is 0 Å². The minimum atomic E-state index is 0.629. The molecule has 0 saturated carbocycles. The van der Waals surface area contributed by atoms with Gasteiger partial charge in [0.2, 0.25) is 0 Å². The van der Waals surface area contributed by atoms with Crippen molar-refractivity contribution in [2.75, 3.05) is 13.2 Å². The van der Waals surface area contributed by atoms with Crippen molar-refractivity contribution < 1.29 is 4.74 Å². The Labute approximate surface area is 105 Å². The second-order valence-corrected chi connectivity index (χ2v) is 4.19. The first kappa shape index (κ1) is 14.1. The molecule has 96 valence electrons. The maximum atomic E-state index is 5.62. The summed E-state index contributed by atoms with van der Waals surface area (Å²) in [7, 11) is 0. The summed E-state index contributed by atoms with van der Waals surface area (Å²) in [6.07, 6.45) is 5.29. The minimum absolute atomic E-state index is 0.629. The van der Waals surface area contributed by atoms with E-state index >= 15 is 0 Å². The van der Waals surface area contributed by atoms with Crippen LogP contribution in [-0.4, -0.2) is 18.1 Å². The number of nitrogens with zero attached hydrogens (tertiary/aromatic N) is 1. The molecule has 1 heterocycles. The van der Waals surface area contributed by atoms with E-state index in [0.29, 0.717) is 6.61 Å². The molecule has 0 amide bonds. The van der Waals surface area contributed by atoms with Crippen LogP contribution in [0.1, 0.15) is 44.4 Å². The Morgan fingerprint density at radius 2 is 2.18 bits per heavy atom. The van der Waals surface area contributed by atoms with E-state index in [1.54, 1.807) is 0 Å². The number of hydrogen-bond donors (Lipinski definition) is 1. The number of ether oxygens (including phenoxy) is 1. The topological polar surface area (TPSA) is 34.1 Å². The zero-order valence-corrected chi connectivity index (χ0v) is 11.0. The number of unbranched alkanes of at least 4 members (excludes halogenated alkanes) is 1. The van der Waals surface area contributed by atoms with Gasteiger partial charge < -0.3 is 10.1 Å². The summed E-state index contributed by atoms with van der Waals surface area (Å²) in [5.41, 5.74) is 2.31. The van der Waals surface area contributed by atoms with E-state index in [9.17, 15) is 0 Å². The predicted molar refractivity (Wildman–Crippen MR) is 70.8 cm³/mol. The zero-order chi connectivity index (χ0) is 12.3. The quantitative estimate of drug-likeness (QED) is 0.669. The number of nitrogens with one attached hydrogen (secondary N) is 1. The van der Waals surface area contributed by atoms with Crippen molar-refractivity contribution in [3.8, 4) is 0 Å². The average molecular weight is 236 g/mol. The van der Waals surface area contributed by atoms with Crippen LogP contribution in [0.3, 0.4) is 0 Å². The van der Waals surface area contributed by atoms with Crippen LogP contribution in [-0.2, 0) is 17.9 Å². The summed E-state index contributed by atoms with van der Waals surface area (Å²) in [6.45, 7) is 7.73. The summed E-state index contributed by atoms with van der Waals surface area (Å²) in [5.74, 6) is 0. The van der Waals surface area contributed by atoms with E-state index in [2.05, 4.69) is 30.2 Å². The second-order valence-electron chi connectivity index (χ2n) is 4.19. The van der Waals surface area contributed by atoms with E-state index in [-0.39, 0.29) is 0 Å². The lowest BCUT2D eigenvalue weighted by Gasteiger charge is -2.09. The molecule has 17 heavy (non-hydrogen) atoms. The molecule has 0 fully saturated rings. The van der Waals surface area contributed by atoms with Gasteiger partial charge in [-0.1, -0.05) is 26.3 Å². The fraction of sp³-hybridized carbons (Fsp3) is 0.643. The fourth-order valence-electron chi connectivity index (χ4n) is 1.58. The largest absolute Gasteiger partial charge is 0.375 e. The van der Waals surface area contributed by atoms with Gasteiger partial charge in [0.05, 0.1) is 12.3 Å². The molecule has 0 aliphatic heterocycles. The molecule has 0 radical (unpaired) electrons. The maximum Gasteiger partial charge on any atom is 0.0891 e. The highest BCUT2D eigenvalue weighted by molar-refractivity contribution is 5.18. The van der Waals surface area contributed by atoms with Gasteiger partial charge in [0.25, 0.3) is 0 Å². The molecule has 0 atom stereocenters. The van der Waals surface area contributed by atoms with Gasteiger partial charge in [0, 0.05) is 19.3 Å². The van der Waals surface area contributed by atoms with Crippen LogP contribution in [0.5, 0.6) is 0 Å². The smallest absolute Gasteiger partial charge is 0.0891 e. The number of pyridine rings is 1. The maximum absolute atomic E-state index is 5.62. The SMILES string of the molecule is CCCCOCc1ncccc1CNCCC. The lowest BCUT2D eigenvalue weighted by atomic mass is 10.2. The average Bonchev–Trinajstić information content (AvgIpc) is 2.36. The van der Waals surface area contributed by atoms with Crippen LogP contribution in [0.2, 0.25) is 0 Å².